The SMILES string of the molecule is Cc1ccc(OCCCC(=O)NNC(=O)c2cc(Cl)ccc2Cl)cc1. The minimum atomic E-state index is -0.531. The summed E-state index contributed by atoms with van der Waals surface area (Å²) in [6.07, 6.45) is 0.739. The van der Waals surface area contributed by atoms with Gasteiger partial charge >= 0.3 is 0 Å². The van der Waals surface area contributed by atoms with E-state index in [9.17, 15) is 9.59 Å². The molecule has 2 rings (SSSR count). The summed E-state index contributed by atoms with van der Waals surface area (Å²) in [5, 5.41) is 0.636. The van der Waals surface area contributed by atoms with Crippen LogP contribution >= 0.6 is 23.2 Å². The number of hydrogen-bond donors (Lipinski definition) is 2. The highest BCUT2D eigenvalue weighted by Gasteiger charge is 2.12. The molecule has 7 heteroatoms. The smallest absolute Gasteiger partial charge is 0.271 e. The highest BCUT2D eigenvalue weighted by Crippen LogP contribution is 2.20. The van der Waals surface area contributed by atoms with Crippen molar-refractivity contribution in [1.29, 1.82) is 0 Å². The van der Waals surface area contributed by atoms with Gasteiger partial charge in [-0.2, -0.15) is 0 Å². The number of amides is 2. The van der Waals surface area contributed by atoms with Gasteiger partial charge in [0, 0.05) is 11.4 Å². The maximum atomic E-state index is 12.0. The number of carbonyl (C=O) groups excluding carboxylic acids is 2. The number of hydrazine groups is 1. The first-order valence-electron chi connectivity index (χ1n) is 7.69. The van der Waals surface area contributed by atoms with E-state index in [2.05, 4.69) is 10.9 Å². The quantitative estimate of drug-likeness (QED) is 0.589. The maximum absolute atomic E-state index is 12.0. The number of ether oxygens (including phenoxy) is 1. The Balaban J connectivity index is 1.69. The second-order valence-electron chi connectivity index (χ2n) is 5.39. The van der Waals surface area contributed by atoms with Crippen molar-refractivity contribution in [3.8, 4) is 5.75 Å². The van der Waals surface area contributed by atoms with Gasteiger partial charge in [0.2, 0.25) is 5.91 Å². The number of hydrogen-bond acceptors (Lipinski definition) is 3. The molecule has 0 saturated carbocycles. The van der Waals surface area contributed by atoms with Crippen LogP contribution in [0.15, 0.2) is 42.5 Å². The molecule has 0 aliphatic heterocycles. The zero-order chi connectivity index (χ0) is 18.2. The predicted octanol–water partition coefficient (Wildman–Crippen LogP) is 3.92. The van der Waals surface area contributed by atoms with Gasteiger partial charge in [-0.3, -0.25) is 20.4 Å². The Morgan fingerprint density at radius 1 is 1.04 bits per heavy atom. The summed E-state index contributed by atoms with van der Waals surface area (Å²) < 4.78 is 5.54. The first-order valence-corrected chi connectivity index (χ1v) is 8.45. The standard InChI is InChI=1S/C18H18Cl2N2O3/c1-12-4-7-14(8-5-12)25-10-2-3-17(23)21-22-18(24)15-11-13(19)6-9-16(15)20/h4-9,11H,2-3,10H2,1H3,(H,21,23)(H,22,24). The number of halogens is 2. The summed E-state index contributed by atoms with van der Waals surface area (Å²) in [6, 6.07) is 12.2. The van der Waals surface area contributed by atoms with Crippen LogP contribution in [0, 0.1) is 6.92 Å². The van der Waals surface area contributed by atoms with Crippen LogP contribution in [0.5, 0.6) is 5.75 Å². The Morgan fingerprint density at radius 3 is 2.48 bits per heavy atom. The van der Waals surface area contributed by atoms with Crippen molar-refractivity contribution in [2.24, 2.45) is 0 Å². The third kappa shape index (κ3) is 6.29. The van der Waals surface area contributed by atoms with E-state index in [1.54, 1.807) is 6.07 Å². The molecule has 2 aromatic carbocycles. The largest absolute Gasteiger partial charge is 0.494 e. The highest BCUT2D eigenvalue weighted by atomic mass is 35.5. The first-order chi connectivity index (χ1) is 12.0. The van der Waals surface area contributed by atoms with Gasteiger partial charge in [-0.05, 0) is 43.7 Å². The molecule has 2 aromatic rings. The van der Waals surface area contributed by atoms with E-state index in [0.717, 1.165) is 11.3 Å². The molecular formula is C18H18Cl2N2O3. The second kappa shape index (κ2) is 9.30. The minimum Gasteiger partial charge on any atom is -0.494 e. The van der Waals surface area contributed by atoms with Crippen molar-refractivity contribution in [3.05, 3.63) is 63.6 Å². The van der Waals surface area contributed by atoms with Gasteiger partial charge in [0.1, 0.15) is 5.75 Å². The lowest BCUT2D eigenvalue weighted by atomic mass is 10.2. The molecule has 0 aliphatic rings. The molecule has 0 atom stereocenters. The summed E-state index contributed by atoms with van der Waals surface area (Å²) in [6.45, 7) is 2.41. The lowest BCUT2D eigenvalue weighted by molar-refractivity contribution is -0.122. The molecule has 2 N–H and O–H groups in total. The number of benzene rings is 2. The molecule has 132 valence electrons. The topological polar surface area (TPSA) is 67.4 Å². The molecule has 0 bridgehead atoms. The molecule has 2 amide bonds. The monoisotopic (exact) mass is 380 g/mol. The lowest BCUT2D eigenvalue weighted by Crippen LogP contribution is -2.41. The summed E-state index contributed by atoms with van der Waals surface area (Å²) in [5.41, 5.74) is 5.99. The minimum absolute atomic E-state index is 0.192. The van der Waals surface area contributed by atoms with Crippen molar-refractivity contribution < 1.29 is 14.3 Å². The fourth-order valence-electron chi connectivity index (χ4n) is 1.99. The molecule has 0 radical (unpaired) electrons. The number of carbonyl (C=O) groups is 2. The Labute approximate surface area is 156 Å². The van der Waals surface area contributed by atoms with Crippen LogP contribution in [0.4, 0.5) is 0 Å². The number of aryl methyl sites for hydroxylation is 1. The first kappa shape index (κ1) is 19.1. The Morgan fingerprint density at radius 2 is 1.76 bits per heavy atom. The van der Waals surface area contributed by atoms with E-state index in [1.807, 2.05) is 31.2 Å². The average molecular weight is 381 g/mol. The van der Waals surface area contributed by atoms with Gasteiger partial charge in [0.05, 0.1) is 17.2 Å². The van der Waals surface area contributed by atoms with Crippen molar-refractivity contribution in [1.82, 2.24) is 10.9 Å². The van der Waals surface area contributed by atoms with Crippen LogP contribution in [0.2, 0.25) is 10.0 Å². The van der Waals surface area contributed by atoms with Crippen LogP contribution in [-0.4, -0.2) is 18.4 Å². The van der Waals surface area contributed by atoms with Crippen molar-refractivity contribution >= 4 is 35.0 Å². The van der Waals surface area contributed by atoms with Gasteiger partial charge in [-0.15, -0.1) is 0 Å². The third-order valence-electron chi connectivity index (χ3n) is 3.33. The molecule has 5 nitrogen and oxygen atoms in total. The molecule has 0 fully saturated rings. The van der Waals surface area contributed by atoms with E-state index in [-0.39, 0.29) is 22.9 Å². The van der Waals surface area contributed by atoms with Gasteiger partial charge < -0.3 is 4.74 Å². The van der Waals surface area contributed by atoms with Gasteiger partial charge in [-0.25, -0.2) is 0 Å². The molecule has 0 heterocycles. The fourth-order valence-corrected chi connectivity index (χ4v) is 2.36. The van der Waals surface area contributed by atoms with E-state index in [0.29, 0.717) is 18.1 Å². The average Bonchev–Trinajstić information content (AvgIpc) is 2.60. The summed E-state index contributed by atoms with van der Waals surface area (Å²) in [7, 11) is 0. The van der Waals surface area contributed by atoms with Crippen LogP contribution in [-0.2, 0) is 4.79 Å². The maximum Gasteiger partial charge on any atom is 0.271 e. The van der Waals surface area contributed by atoms with E-state index >= 15 is 0 Å². The van der Waals surface area contributed by atoms with Gasteiger partial charge in [0.15, 0.2) is 0 Å². The normalized spacial score (nSPS) is 10.2. The Bertz CT molecular complexity index is 748. The molecule has 25 heavy (non-hydrogen) atoms. The summed E-state index contributed by atoms with van der Waals surface area (Å²) in [4.78, 5) is 23.7. The zero-order valence-corrected chi connectivity index (χ0v) is 15.2. The molecule has 0 unspecified atom stereocenters. The molecule has 0 spiro atoms. The highest BCUT2D eigenvalue weighted by molar-refractivity contribution is 6.35. The van der Waals surface area contributed by atoms with Crippen molar-refractivity contribution in [2.45, 2.75) is 19.8 Å². The second-order valence-corrected chi connectivity index (χ2v) is 6.24. The summed E-state index contributed by atoms with van der Waals surface area (Å²) in [5.74, 6) is -0.0920. The Hall–Kier alpha value is -2.24. The Kier molecular flexibility index (Phi) is 7.10. The molecule has 0 aromatic heterocycles. The van der Waals surface area contributed by atoms with E-state index in [4.69, 9.17) is 27.9 Å². The molecular weight excluding hydrogens is 363 g/mol. The van der Waals surface area contributed by atoms with E-state index in [1.165, 1.54) is 12.1 Å². The third-order valence-corrected chi connectivity index (χ3v) is 3.89. The van der Waals surface area contributed by atoms with Crippen molar-refractivity contribution in [3.63, 3.8) is 0 Å². The number of nitrogens with one attached hydrogen (secondary N) is 2. The zero-order valence-electron chi connectivity index (χ0n) is 13.6. The van der Waals surface area contributed by atoms with E-state index < -0.39 is 5.91 Å². The predicted molar refractivity (Wildman–Crippen MR) is 98.0 cm³/mol. The van der Waals surface area contributed by atoms with Crippen LogP contribution in [0.1, 0.15) is 28.8 Å². The van der Waals surface area contributed by atoms with Crippen molar-refractivity contribution in [2.75, 3.05) is 6.61 Å². The molecule has 0 saturated heterocycles. The van der Waals surface area contributed by atoms with Crippen LogP contribution in [0.3, 0.4) is 0 Å². The van der Waals surface area contributed by atoms with Gasteiger partial charge in [-0.1, -0.05) is 40.9 Å². The lowest BCUT2D eigenvalue weighted by Gasteiger charge is -2.09. The van der Waals surface area contributed by atoms with Crippen LogP contribution < -0.4 is 15.6 Å². The molecule has 0 aliphatic carbocycles. The fraction of sp³-hybridized carbons (Fsp3) is 0.222. The van der Waals surface area contributed by atoms with Crippen LogP contribution in [0.25, 0.3) is 0 Å². The number of rotatable bonds is 6. The summed E-state index contributed by atoms with van der Waals surface area (Å²) >= 11 is 11.8. The van der Waals surface area contributed by atoms with Gasteiger partial charge in [0.25, 0.3) is 5.91 Å².